The van der Waals surface area contributed by atoms with Gasteiger partial charge in [0.05, 0.1) is 0 Å². The molecule has 0 radical (unpaired) electrons. The van der Waals surface area contributed by atoms with E-state index in [1.165, 1.54) is 0 Å². The minimum atomic E-state index is -3.53. The van der Waals surface area contributed by atoms with Gasteiger partial charge in [0.25, 0.3) is 0 Å². The highest BCUT2D eigenvalue weighted by Crippen LogP contribution is 2.23. The van der Waals surface area contributed by atoms with Crippen LogP contribution in [0.25, 0.3) is 0 Å². The summed E-state index contributed by atoms with van der Waals surface area (Å²) in [5.74, 6) is -0.0268. The molecule has 0 bridgehead atoms. The molecule has 1 unspecified atom stereocenters. The molecule has 1 heterocycles. The Labute approximate surface area is 134 Å². The Morgan fingerprint density at radius 1 is 1.14 bits per heavy atom. The number of likely N-dealkylation sites (N-methyl/N-ethyl adjacent to an activating group) is 1. The zero-order valence-electron chi connectivity index (χ0n) is 13.7. The molecule has 6 nitrogen and oxygen atoms in total. The number of sulfonamides is 1. The maximum Gasteiger partial charge on any atom is 0.239 e. The molecule has 1 saturated heterocycles. The van der Waals surface area contributed by atoms with Crippen molar-refractivity contribution in [3.8, 4) is 0 Å². The lowest BCUT2D eigenvalue weighted by atomic mass is 9.88. The first kappa shape index (κ1) is 17.7. The van der Waals surface area contributed by atoms with Crippen LogP contribution in [0.15, 0.2) is 0 Å². The number of nitrogens with one attached hydrogen (secondary N) is 2. The van der Waals surface area contributed by atoms with Gasteiger partial charge in [0.15, 0.2) is 0 Å². The molecule has 2 N–H and O–H groups in total. The van der Waals surface area contributed by atoms with Gasteiger partial charge in [-0.15, -0.1) is 0 Å². The van der Waals surface area contributed by atoms with Crippen molar-refractivity contribution in [2.45, 2.75) is 57.5 Å². The summed E-state index contributed by atoms with van der Waals surface area (Å²) in [5, 5.41) is 3.16. The maximum absolute atomic E-state index is 12.2. The monoisotopic (exact) mass is 331 g/mol. The molecule has 0 aromatic heterocycles. The number of hydrogen-bond donors (Lipinski definition) is 2. The van der Waals surface area contributed by atoms with Crippen molar-refractivity contribution >= 4 is 15.9 Å². The van der Waals surface area contributed by atoms with Gasteiger partial charge in [0.1, 0.15) is 5.75 Å². The van der Waals surface area contributed by atoms with E-state index < -0.39 is 15.8 Å². The van der Waals surface area contributed by atoms with E-state index in [2.05, 4.69) is 17.0 Å². The van der Waals surface area contributed by atoms with Crippen LogP contribution in [0.1, 0.15) is 45.4 Å². The summed E-state index contributed by atoms with van der Waals surface area (Å²) in [6.07, 6.45) is 5.81. The molecule has 7 heteroatoms. The van der Waals surface area contributed by atoms with E-state index >= 15 is 0 Å². The third-order valence-electron chi connectivity index (χ3n) is 4.86. The topological polar surface area (TPSA) is 78.5 Å². The van der Waals surface area contributed by atoms with Gasteiger partial charge in [0, 0.05) is 25.2 Å². The van der Waals surface area contributed by atoms with Crippen molar-refractivity contribution in [1.29, 1.82) is 0 Å². The fourth-order valence-electron chi connectivity index (χ4n) is 3.37. The Hall–Kier alpha value is -0.660. The van der Waals surface area contributed by atoms with Crippen LogP contribution in [-0.2, 0) is 14.8 Å². The molecule has 1 saturated carbocycles. The zero-order chi connectivity index (χ0) is 16.2. The van der Waals surface area contributed by atoms with Crippen molar-refractivity contribution in [1.82, 2.24) is 14.9 Å². The highest BCUT2D eigenvalue weighted by atomic mass is 32.2. The van der Waals surface area contributed by atoms with Gasteiger partial charge in [-0.05, 0) is 51.5 Å². The first-order valence-electron chi connectivity index (χ1n) is 8.34. The number of carbonyl (C=O) groups is 1. The van der Waals surface area contributed by atoms with Crippen LogP contribution in [-0.4, -0.2) is 57.2 Å². The Morgan fingerprint density at radius 2 is 1.82 bits per heavy atom. The van der Waals surface area contributed by atoms with Crippen LogP contribution in [0.4, 0.5) is 0 Å². The lowest BCUT2D eigenvalue weighted by molar-refractivity contribution is -0.129. The van der Waals surface area contributed by atoms with Crippen molar-refractivity contribution in [3.05, 3.63) is 0 Å². The Kier molecular flexibility index (Phi) is 6.23. The van der Waals surface area contributed by atoms with Crippen LogP contribution in [0.5, 0.6) is 0 Å². The van der Waals surface area contributed by atoms with Gasteiger partial charge in [-0.25, -0.2) is 13.1 Å². The second kappa shape index (κ2) is 7.75. The van der Waals surface area contributed by atoms with Crippen LogP contribution >= 0.6 is 0 Å². The third kappa shape index (κ3) is 5.21. The van der Waals surface area contributed by atoms with E-state index in [0.29, 0.717) is 19.0 Å². The molecule has 1 atom stereocenters. The molecule has 2 rings (SSSR count). The van der Waals surface area contributed by atoms with Crippen molar-refractivity contribution < 1.29 is 13.2 Å². The normalized spacial score (nSPS) is 30.3. The van der Waals surface area contributed by atoms with Crippen molar-refractivity contribution in [3.63, 3.8) is 0 Å². The lowest BCUT2D eigenvalue weighted by Gasteiger charge is -2.33. The molecule has 0 aromatic carbocycles. The van der Waals surface area contributed by atoms with Gasteiger partial charge in [-0.3, -0.25) is 4.79 Å². The standard InChI is InChI=1S/C15H29N3O3S/c1-12-5-7-13(8-6-12)17-22(20,21)11-15(19)18-9-3-4-14(10-18)16-2/h12-14,16-17H,3-11H2,1-2H3. The van der Waals surface area contributed by atoms with E-state index in [1.54, 1.807) is 4.90 Å². The second-order valence-electron chi connectivity index (χ2n) is 6.80. The largest absolute Gasteiger partial charge is 0.340 e. The number of likely N-dealkylation sites (tertiary alicyclic amines) is 1. The first-order chi connectivity index (χ1) is 10.4. The summed E-state index contributed by atoms with van der Waals surface area (Å²) in [6.45, 7) is 3.46. The second-order valence-corrected chi connectivity index (χ2v) is 8.56. The van der Waals surface area contributed by atoms with E-state index in [4.69, 9.17) is 0 Å². The predicted molar refractivity (Wildman–Crippen MR) is 87.0 cm³/mol. The molecule has 1 amide bonds. The zero-order valence-corrected chi connectivity index (χ0v) is 14.5. The SMILES string of the molecule is CNC1CCCN(C(=O)CS(=O)(=O)NC2CCC(C)CC2)C1. The van der Waals surface area contributed by atoms with Crippen LogP contribution in [0.2, 0.25) is 0 Å². The summed E-state index contributed by atoms with van der Waals surface area (Å²) in [7, 11) is -1.66. The number of carbonyl (C=O) groups excluding carboxylic acids is 1. The number of amides is 1. The summed E-state index contributed by atoms with van der Waals surface area (Å²) in [4.78, 5) is 13.9. The average molecular weight is 331 g/mol. The molecule has 0 aromatic rings. The predicted octanol–water partition coefficient (Wildman–Crippen LogP) is 0.695. The first-order valence-corrected chi connectivity index (χ1v) is 10.00. The smallest absolute Gasteiger partial charge is 0.239 e. The van der Waals surface area contributed by atoms with E-state index in [9.17, 15) is 13.2 Å². The van der Waals surface area contributed by atoms with E-state index in [1.807, 2.05) is 7.05 Å². The molecule has 2 fully saturated rings. The Balaban J connectivity index is 1.84. The molecule has 1 aliphatic heterocycles. The highest BCUT2D eigenvalue weighted by molar-refractivity contribution is 7.90. The Bertz CT molecular complexity index is 472. The fourth-order valence-corrected chi connectivity index (χ4v) is 4.70. The summed E-state index contributed by atoms with van der Waals surface area (Å²) in [5.41, 5.74) is 0. The van der Waals surface area contributed by atoms with Crippen molar-refractivity contribution in [2.24, 2.45) is 5.92 Å². The molecule has 128 valence electrons. The van der Waals surface area contributed by atoms with Crippen LogP contribution < -0.4 is 10.0 Å². The number of nitrogens with zero attached hydrogens (tertiary/aromatic N) is 1. The number of hydrogen-bond acceptors (Lipinski definition) is 4. The van der Waals surface area contributed by atoms with Gasteiger partial charge in [-0.2, -0.15) is 0 Å². The lowest BCUT2D eigenvalue weighted by Crippen LogP contribution is -2.50. The summed E-state index contributed by atoms with van der Waals surface area (Å²) < 4.78 is 27.1. The summed E-state index contributed by atoms with van der Waals surface area (Å²) in [6, 6.07) is 0.272. The van der Waals surface area contributed by atoms with Crippen molar-refractivity contribution in [2.75, 3.05) is 25.9 Å². The maximum atomic E-state index is 12.2. The summed E-state index contributed by atoms with van der Waals surface area (Å²) >= 11 is 0. The molecule has 0 spiro atoms. The van der Waals surface area contributed by atoms with E-state index in [-0.39, 0.29) is 18.0 Å². The van der Waals surface area contributed by atoms with Gasteiger partial charge in [-0.1, -0.05) is 6.92 Å². The fraction of sp³-hybridized carbons (Fsp3) is 0.933. The van der Waals surface area contributed by atoms with E-state index in [0.717, 1.165) is 38.5 Å². The minimum absolute atomic E-state index is 0.000382. The minimum Gasteiger partial charge on any atom is -0.340 e. The molecular formula is C15H29N3O3S. The number of piperidine rings is 1. The highest BCUT2D eigenvalue weighted by Gasteiger charge is 2.28. The van der Waals surface area contributed by atoms with Crippen LogP contribution in [0, 0.1) is 5.92 Å². The average Bonchev–Trinajstić information content (AvgIpc) is 2.49. The molecule has 2 aliphatic rings. The third-order valence-corrected chi connectivity index (χ3v) is 6.18. The molecule has 1 aliphatic carbocycles. The molecular weight excluding hydrogens is 302 g/mol. The van der Waals surface area contributed by atoms with Gasteiger partial charge in [0.2, 0.25) is 15.9 Å². The quantitative estimate of drug-likeness (QED) is 0.777. The Morgan fingerprint density at radius 3 is 2.45 bits per heavy atom. The van der Waals surface area contributed by atoms with Crippen LogP contribution in [0.3, 0.4) is 0 Å². The number of rotatable bonds is 5. The van der Waals surface area contributed by atoms with Gasteiger partial charge < -0.3 is 10.2 Å². The van der Waals surface area contributed by atoms with Gasteiger partial charge >= 0.3 is 0 Å². The molecule has 22 heavy (non-hydrogen) atoms.